The summed E-state index contributed by atoms with van der Waals surface area (Å²) in [5.41, 5.74) is 4.09. The van der Waals surface area contributed by atoms with Gasteiger partial charge in [-0.3, -0.25) is 4.98 Å². The molecule has 4 heterocycles. The molecule has 0 bridgehead atoms. The van der Waals surface area contributed by atoms with Crippen LogP contribution in [0.1, 0.15) is 5.56 Å². The topological polar surface area (TPSA) is 56.5 Å². The lowest BCUT2D eigenvalue weighted by Crippen LogP contribution is -2.01. The highest BCUT2D eigenvalue weighted by Crippen LogP contribution is 2.30. The van der Waals surface area contributed by atoms with Crippen LogP contribution in [0.15, 0.2) is 59.7 Å². The van der Waals surface area contributed by atoms with E-state index in [9.17, 15) is 0 Å². The van der Waals surface area contributed by atoms with E-state index in [4.69, 9.17) is 0 Å². The van der Waals surface area contributed by atoms with Gasteiger partial charge in [0.05, 0.1) is 10.7 Å². The largest absolute Gasteiger partial charge is 0.264 e. The highest BCUT2D eigenvalue weighted by molar-refractivity contribution is 9.10. The van der Waals surface area contributed by atoms with Crippen LogP contribution in [0.25, 0.3) is 28.0 Å². The second-order valence-electron chi connectivity index (χ2n) is 5.15. The first-order valence-corrected chi connectivity index (χ1v) is 7.89. The average molecular weight is 366 g/mol. The smallest absolute Gasteiger partial charge is 0.170 e. The number of aromatic nitrogens is 5. The first kappa shape index (κ1) is 14.0. The van der Waals surface area contributed by atoms with Gasteiger partial charge < -0.3 is 0 Å². The summed E-state index contributed by atoms with van der Waals surface area (Å²) in [6, 6.07) is 7.80. The van der Waals surface area contributed by atoms with Gasteiger partial charge in [0.15, 0.2) is 11.5 Å². The van der Waals surface area contributed by atoms with E-state index in [1.807, 2.05) is 36.7 Å². The number of hydrogen-bond donors (Lipinski definition) is 0. The molecule has 0 aromatic carbocycles. The molecular formula is C17H12BrN5. The number of fused-ring (bicyclic) bond motifs is 1. The molecule has 112 valence electrons. The molecule has 4 aromatic rings. The number of pyridine rings is 3. The maximum absolute atomic E-state index is 4.49. The molecule has 0 fully saturated rings. The number of halogens is 1. The molecule has 4 rings (SSSR count). The molecule has 23 heavy (non-hydrogen) atoms. The van der Waals surface area contributed by atoms with Crippen LogP contribution in [0.5, 0.6) is 0 Å². The van der Waals surface area contributed by atoms with Crippen molar-refractivity contribution in [1.82, 2.24) is 24.7 Å². The zero-order valence-corrected chi connectivity index (χ0v) is 13.9. The average Bonchev–Trinajstić information content (AvgIpc) is 3.00. The zero-order chi connectivity index (χ0) is 15.8. The van der Waals surface area contributed by atoms with E-state index < -0.39 is 0 Å². The third-order valence-electron chi connectivity index (χ3n) is 3.74. The molecule has 6 heteroatoms. The van der Waals surface area contributed by atoms with Crippen molar-refractivity contribution in [3.05, 3.63) is 65.3 Å². The van der Waals surface area contributed by atoms with Gasteiger partial charge in [0.25, 0.3) is 0 Å². The molecule has 0 saturated carbocycles. The summed E-state index contributed by atoms with van der Waals surface area (Å²) in [6.45, 7) is 2.07. The van der Waals surface area contributed by atoms with Crippen LogP contribution in [0.4, 0.5) is 0 Å². The SMILES string of the molecule is Cc1ccncc1-c1ccnc2c1cnn2-c1ncccc1Br. The van der Waals surface area contributed by atoms with Crippen molar-refractivity contribution in [3.63, 3.8) is 0 Å². The summed E-state index contributed by atoms with van der Waals surface area (Å²) in [4.78, 5) is 13.1. The van der Waals surface area contributed by atoms with Gasteiger partial charge in [-0.2, -0.15) is 9.78 Å². The third-order valence-corrected chi connectivity index (χ3v) is 4.36. The Bertz CT molecular complexity index is 1010. The van der Waals surface area contributed by atoms with Crippen molar-refractivity contribution >= 4 is 27.0 Å². The molecule has 0 radical (unpaired) electrons. The van der Waals surface area contributed by atoms with Gasteiger partial charge in [0.2, 0.25) is 0 Å². The summed E-state index contributed by atoms with van der Waals surface area (Å²) in [5, 5.41) is 5.46. The fourth-order valence-corrected chi connectivity index (χ4v) is 3.02. The van der Waals surface area contributed by atoms with Crippen molar-refractivity contribution in [2.45, 2.75) is 6.92 Å². The normalized spacial score (nSPS) is 11.0. The molecule has 0 atom stereocenters. The molecule has 0 aliphatic heterocycles. The van der Waals surface area contributed by atoms with E-state index in [1.54, 1.807) is 23.3 Å². The standard InChI is InChI=1S/C17H12BrN5/c1-11-4-7-19-9-13(11)12-5-8-21-16-14(12)10-22-23(16)17-15(18)3-2-6-20-17/h2-10H,1H3. The Kier molecular flexibility index (Phi) is 3.38. The first-order chi connectivity index (χ1) is 11.3. The monoisotopic (exact) mass is 365 g/mol. The first-order valence-electron chi connectivity index (χ1n) is 7.10. The van der Waals surface area contributed by atoms with Crippen LogP contribution in [-0.2, 0) is 0 Å². The van der Waals surface area contributed by atoms with Gasteiger partial charge in [-0.15, -0.1) is 0 Å². The number of nitrogens with zero attached hydrogens (tertiary/aromatic N) is 5. The molecule has 5 nitrogen and oxygen atoms in total. The molecule has 0 N–H and O–H groups in total. The lowest BCUT2D eigenvalue weighted by molar-refractivity contribution is 0.858. The Hall–Kier alpha value is -2.60. The predicted octanol–water partition coefficient (Wildman–Crippen LogP) is 3.95. The number of hydrogen-bond acceptors (Lipinski definition) is 4. The van der Waals surface area contributed by atoms with Crippen LogP contribution >= 0.6 is 15.9 Å². The van der Waals surface area contributed by atoms with Gasteiger partial charge in [0, 0.05) is 35.7 Å². The summed E-state index contributed by atoms with van der Waals surface area (Å²) in [5.74, 6) is 0.718. The molecule has 0 amide bonds. The van der Waals surface area contributed by atoms with Crippen molar-refractivity contribution in [2.75, 3.05) is 0 Å². The molecule has 0 aliphatic carbocycles. The van der Waals surface area contributed by atoms with E-state index in [0.29, 0.717) is 0 Å². The second kappa shape index (κ2) is 5.55. The summed E-state index contributed by atoms with van der Waals surface area (Å²) in [7, 11) is 0. The van der Waals surface area contributed by atoms with Crippen molar-refractivity contribution in [1.29, 1.82) is 0 Å². The van der Waals surface area contributed by atoms with Gasteiger partial charge >= 0.3 is 0 Å². The molecule has 0 unspecified atom stereocenters. The second-order valence-corrected chi connectivity index (χ2v) is 6.01. The predicted molar refractivity (Wildman–Crippen MR) is 92.3 cm³/mol. The Morgan fingerprint density at radius 1 is 0.957 bits per heavy atom. The van der Waals surface area contributed by atoms with Gasteiger partial charge in [0.1, 0.15) is 0 Å². The summed E-state index contributed by atoms with van der Waals surface area (Å²) >= 11 is 3.52. The lowest BCUT2D eigenvalue weighted by atomic mass is 10.0. The van der Waals surface area contributed by atoms with Crippen LogP contribution in [-0.4, -0.2) is 24.7 Å². The Labute approximate surface area is 141 Å². The molecular weight excluding hydrogens is 354 g/mol. The van der Waals surface area contributed by atoms with Crippen LogP contribution in [0.2, 0.25) is 0 Å². The quantitative estimate of drug-likeness (QED) is 0.539. The van der Waals surface area contributed by atoms with Crippen LogP contribution < -0.4 is 0 Å². The number of aryl methyl sites for hydroxylation is 1. The maximum Gasteiger partial charge on any atom is 0.170 e. The highest BCUT2D eigenvalue weighted by atomic mass is 79.9. The van der Waals surface area contributed by atoms with Crippen molar-refractivity contribution < 1.29 is 0 Å². The molecule has 0 aliphatic rings. The zero-order valence-electron chi connectivity index (χ0n) is 12.3. The van der Waals surface area contributed by atoms with Crippen LogP contribution in [0.3, 0.4) is 0 Å². The van der Waals surface area contributed by atoms with Crippen molar-refractivity contribution in [3.8, 4) is 16.9 Å². The molecule has 4 aromatic heterocycles. The maximum atomic E-state index is 4.49. The summed E-state index contributed by atoms with van der Waals surface area (Å²) in [6.07, 6.45) is 9.02. The minimum atomic E-state index is 0.718. The van der Waals surface area contributed by atoms with E-state index in [1.165, 1.54) is 5.56 Å². The van der Waals surface area contributed by atoms with Gasteiger partial charge in [-0.25, -0.2) is 9.97 Å². The molecule has 0 saturated heterocycles. The van der Waals surface area contributed by atoms with Gasteiger partial charge in [-0.1, -0.05) is 0 Å². The van der Waals surface area contributed by atoms with E-state index in [-0.39, 0.29) is 0 Å². The van der Waals surface area contributed by atoms with E-state index in [2.05, 4.69) is 42.9 Å². The highest BCUT2D eigenvalue weighted by Gasteiger charge is 2.14. The van der Waals surface area contributed by atoms with Gasteiger partial charge in [-0.05, 0) is 58.2 Å². The number of rotatable bonds is 2. The fourth-order valence-electron chi connectivity index (χ4n) is 2.60. The fraction of sp³-hybridized carbons (Fsp3) is 0.0588. The Morgan fingerprint density at radius 2 is 1.87 bits per heavy atom. The Morgan fingerprint density at radius 3 is 2.70 bits per heavy atom. The van der Waals surface area contributed by atoms with E-state index >= 15 is 0 Å². The third kappa shape index (κ3) is 2.31. The minimum Gasteiger partial charge on any atom is -0.264 e. The van der Waals surface area contributed by atoms with Crippen LogP contribution in [0, 0.1) is 6.92 Å². The Balaban J connectivity index is 1.98. The van der Waals surface area contributed by atoms with E-state index in [0.717, 1.165) is 32.5 Å². The lowest BCUT2D eigenvalue weighted by Gasteiger charge is -2.07. The summed E-state index contributed by atoms with van der Waals surface area (Å²) < 4.78 is 2.61. The molecule has 0 spiro atoms. The minimum absolute atomic E-state index is 0.718. The van der Waals surface area contributed by atoms with Crippen molar-refractivity contribution in [2.24, 2.45) is 0 Å².